The van der Waals surface area contributed by atoms with Crippen LogP contribution < -0.4 is 10.6 Å². The summed E-state index contributed by atoms with van der Waals surface area (Å²) in [4.78, 5) is 55.6. The monoisotopic (exact) mass is 451 g/mol. The summed E-state index contributed by atoms with van der Waals surface area (Å²) in [6, 6.07) is -1.86. The first-order valence-electron chi connectivity index (χ1n) is 10.3. The molecule has 0 spiro atoms. The third-order valence-corrected chi connectivity index (χ3v) is 5.68. The van der Waals surface area contributed by atoms with Crippen LogP contribution in [0.2, 0.25) is 0 Å². The number of fused-ring (bicyclic) bond motifs is 1. The fourth-order valence-corrected chi connectivity index (χ4v) is 4.09. The zero-order valence-corrected chi connectivity index (χ0v) is 18.2. The number of rotatable bonds is 5. The van der Waals surface area contributed by atoms with Crippen LogP contribution in [0.4, 0.5) is 9.18 Å². The number of carbonyl (C=O) groups is 4. The minimum Gasteiger partial charge on any atom is -0.454 e. The minimum absolute atomic E-state index is 0.165. The molecule has 4 amide bonds. The van der Waals surface area contributed by atoms with Crippen molar-refractivity contribution in [1.82, 2.24) is 20.4 Å². The zero-order chi connectivity index (χ0) is 23.7. The molecule has 11 nitrogen and oxygen atoms in total. The summed E-state index contributed by atoms with van der Waals surface area (Å²) in [6.45, 7) is 5.78. The van der Waals surface area contributed by atoms with E-state index in [1.54, 1.807) is 6.92 Å². The molecule has 2 fully saturated rings. The minimum atomic E-state index is -1.71. The fraction of sp³-hybridized carbons (Fsp3) is 0.650. The van der Waals surface area contributed by atoms with E-state index in [1.165, 1.54) is 6.92 Å². The highest BCUT2D eigenvalue weighted by Gasteiger charge is 2.60. The van der Waals surface area contributed by atoms with E-state index in [0.717, 1.165) is 16.7 Å². The molecule has 12 heteroatoms. The topological polar surface area (TPSA) is 130 Å². The van der Waals surface area contributed by atoms with Crippen molar-refractivity contribution in [3.63, 3.8) is 0 Å². The van der Waals surface area contributed by atoms with E-state index in [2.05, 4.69) is 21.5 Å². The number of halogens is 1. The molecule has 3 rings (SSSR count). The summed E-state index contributed by atoms with van der Waals surface area (Å²) in [5, 5.41) is 4.79. The van der Waals surface area contributed by atoms with Gasteiger partial charge in [-0.05, 0) is 5.92 Å². The molecule has 2 saturated heterocycles. The van der Waals surface area contributed by atoms with Crippen LogP contribution >= 0.6 is 0 Å². The predicted molar refractivity (Wildman–Crippen MR) is 108 cm³/mol. The normalized spacial score (nSPS) is 32.6. The van der Waals surface area contributed by atoms with Gasteiger partial charge in [-0.15, -0.1) is 6.42 Å². The summed E-state index contributed by atoms with van der Waals surface area (Å²) in [5.74, 6) is 0.0462. The van der Waals surface area contributed by atoms with Crippen molar-refractivity contribution in [1.29, 1.82) is 0 Å². The van der Waals surface area contributed by atoms with Gasteiger partial charge in [0.05, 0.1) is 12.6 Å². The Bertz CT molecular complexity index is 888. The second-order valence-electron chi connectivity index (χ2n) is 7.92. The van der Waals surface area contributed by atoms with Crippen LogP contribution in [0.5, 0.6) is 0 Å². The molecule has 0 aromatic heterocycles. The van der Waals surface area contributed by atoms with Crippen molar-refractivity contribution < 1.29 is 33.0 Å². The molecule has 0 bridgehead atoms. The molecule has 0 aromatic rings. The Morgan fingerprint density at radius 3 is 2.66 bits per heavy atom. The van der Waals surface area contributed by atoms with E-state index in [0.29, 0.717) is 6.42 Å². The second kappa shape index (κ2) is 9.12. The third kappa shape index (κ3) is 4.12. The molecule has 2 unspecified atom stereocenters. The largest absolute Gasteiger partial charge is 0.454 e. The van der Waals surface area contributed by atoms with Gasteiger partial charge in [0.15, 0.2) is 30.7 Å². The first-order valence-corrected chi connectivity index (χ1v) is 10.3. The lowest BCUT2D eigenvalue weighted by atomic mass is 9.97. The summed E-state index contributed by atoms with van der Waals surface area (Å²) in [7, 11) is 0. The Kier molecular flexibility index (Phi) is 6.68. The SMILES string of the molecule is C#CCN1C(=O)N([C@@H]2O[C@H]([C@@H](C)CC)[C@H](F)[C@H]2OC(C)=O)C2N=C(NC(C)=O)NC(=O)C21. The summed E-state index contributed by atoms with van der Waals surface area (Å²) in [5.41, 5.74) is 0. The number of nitrogens with one attached hydrogen (secondary N) is 2. The highest BCUT2D eigenvalue weighted by atomic mass is 19.1. The lowest BCUT2D eigenvalue weighted by molar-refractivity contribution is -0.157. The molecule has 0 aliphatic carbocycles. The third-order valence-electron chi connectivity index (χ3n) is 5.68. The number of terminal acetylenes is 1. The van der Waals surface area contributed by atoms with Crippen molar-refractivity contribution in [3.05, 3.63) is 0 Å². The van der Waals surface area contributed by atoms with Crippen LogP contribution in [0.15, 0.2) is 4.99 Å². The maximum absolute atomic E-state index is 15.3. The Morgan fingerprint density at radius 1 is 1.41 bits per heavy atom. The molecule has 3 heterocycles. The van der Waals surface area contributed by atoms with Crippen LogP contribution in [-0.2, 0) is 23.9 Å². The van der Waals surface area contributed by atoms with Gasteiger partial charge in [-0.2, -0.15) is 0 Å². The lowest BCUT2D eigenvalue weighted by Gasteiger charge is -2.33. The van der Waals surface area contributed by atoms with Gasteiger partial charge in [0.25, 0.3) is 5.91 Å². The van der Waals surface area contributed by atoms with Crippen LogP contribution in [0.1, 0.15) is 34.1 Å². The lowest BCUT2D eigenvalue weighted by Crippen LogP contribution is -2.59. The number of hydrogen-bond acceptors (Lipinski definition) is 7. The molecule has 174 valence electrons. The Morgan fingerprint density at radius 2 is 2.09 bits per heavy atom. The number of carbonyl (C=O) groups excluding carboxylic acids is 4. The van der Waals surface area contributed by atoms with E-state index in [-0.39, 0.29) is 18.4 Å². The number of alkyl halides is 1. The van der Waals surface area contributed by atoms with Gasteiger partial charge in [-0.1, -0.05) is 26.2 Å². The highest BCUT2D eigenvalue weighted by molar-refractivity contribution is 6.08. The Hall–Kier alpha value is -3.20. The Balaban J connectivity index is 2.04. The van der Waals surface area contributed by atoms with Crippen LogP contribution in [0, 0.1) is 18.3 Å². The molecule has 32 heavy (non-hydrogen) atoms. The molecule has 0 radical (unpaired) electrons. The second-order valence-corrected chi connectivity index (χ2v) is 7.92. The van der Waals surface area contributed by atoms with Crippen LogP contribution in [0.3, 0.4) is 0 Å². The molecule has 0 saturated carbocycles. The molecule has 0 aromatic carbocycles. The summed E-state index contributed by atoms with van der Waals surface area (Å²) < 4.78 is 26.4. The maximum atomic E-state index is 15.3. The average Bonchev–Trinajstić information content (AvgIpc) is 3.15. The number of amides is 4. The smallest absolute Gasteiger partial charge is 0.325 e. The van der Waals surface area contributed by atoms with Crippen LogP contribution in [0.25, 0.3) is 0 Å². The number of nitrogens with zero attached hydrogens (tertiary/aromatic N) is 3. The summed E-state index contributed by atoms with van der Waals surface area (Å²) >= 11 is 0. The van der Waals surface area contributed by atoms with E-state index < -0.39 is 60.6 Å². The van der Waals surface area contributed by atoms with Gasteiger partial charge in [0, 0.05) is 13.8 Å². The van der Waals surface area contributed by atoms with E-state index in [1.807, 2.05) is 6.92 Å². The number of esters is 1. The van der Waals surface area contributed by atoms with E-state index >= 15 is 4.39 Å². The van der Waals surface area contributed by atoms with Gasteiger partial charge >= 0.3 is 12.0 Å². The van der Waals surface area contributed by atoms with Crippen molar-refractivity contribution >= 4 is 29.8 Å². The quantitative estimate of drug-likeness (QED) is 0.437. The van der Waals surface area contributed by atoms with E-state index in [4.69, 9.17) is 15.9 Å². The van der Waals surface area contributed by atoms with Gasteiger partial charge in [0.2, 0.25) is 11.9 Å². The van der Waals surface area contributed by atoms with Crippen molar-refractivity contribution in [2.45, 2.75) is 70.9 Å². The molecule has 3 aliphatic rings. The molecule has 3 aliphatic heterocycles. The van der Waals surface area contributed by atoms with E-state index in [9.17, 15) is 19.2 Å². The summed E-state index contributed by atoms with van der Waals surface area (Å²) in [6.07, 6.45) is -0.641. The number of urea groups is 1. The van der Waals surface area contributed by atoms with Gasteiger partial charge in [0.1, 0.15) is 0 Å². The molecule has 2 N–H and O–H groups in total. The molecule has 7 atom stereocenters. The first-order chi connectivity index (χ1) is 15.1. The highest BCUT2D eigenvalue weighted by Crippen LogP contribution is 2.38. The zero-order valence-electron chi connectivity index (χ0n) is 18.2. The number of ether oxygens (including phenoxy) is 2. The van der Waals surface area contributed by atoms with Gasteiger partial charge < -0.3 is 9.47 Å². The van der Waals surface area contributed by atoms with Gasteiger partial charge in [-0.25, -0.2) is 14.2 Å². The number of guanidine groups is 1. The first kappa shape index (κ1) is 23.5. The van der Waals surface area contributed by atoms with Crippen molar-refractivity contribution in [2.75, 3.05) is 6.54 Å². The Labute approximate surface area is 184 Å². The molecular formula is C20H26FN5O6. The predicted octanol–water partition coefficient (Wildman–Crippen LogP) is -0.285. The van der Waals surface area contributed by atoms with Gasteiger partial charge in [-0.3, -0.25) is 34.8 Å². The number of hydrogen-bond donors (Lipinski definition) is 2. The standard InChI is InChI=1S/C20H26FN5O6/c1-6-8-25-13-16(23-19(22-10(4)27)24-17(13)29)26(20(25)30)18-15(31-11(5)28)12(21)14(32-18)9(3)7-2/h1,9,12-16,18H,7-8H2,2-5H3,(H2,22,23,24,27,29)/t9-,12-,13?,14+,15+,16?,18+/m0/s1. The maximum Gasteiger partial charge on any atom is 0.325 e. The average molecular weight is 451 g/mol. The van der Waals surface area contributed by atoms with Crippen molar-refractivity contribution in [3.8, 4) is 12.3 Å². The number of aliphatic imine (C=N–C) groups is 1. The van der Waals surface area contributed by atoms with Crippen LogP contribution in [-0.4, -0.2) is 82.9 Å². The van der Waals surface area contributed by atoms with Crippen molar-refractivity contribution in [2.24, 2.45) is 10.9 Å². The molecular weight excluding hydrogens is 425 g/mol. The fourth-order valence-electron chi connectivity index (χ4n) is 4.09.